The Morgan fingerprint density at radius 1 is 1.47 bits per heavy atom. The number of carbonyl (C=O) groups is 1. The number of primary amides is 1. The van der Waals surface area contributed by atoms with Crippen molar-refractivity contribution in [2.24, 2.45) is 5.73 Å². The number of rotatable bonds is 2. The van der Waals surface area contributed by atoms with Gasteiger partial charge in [-0.3, -0.25) is 4.79 Å². The molecule has 1 aromatic rings. The molecule has 0 saturated carbocycles. The number of nitrogens with two attached hydrogens (primary N) is 1. The maximum absolute atomic E-state index is 13.5. The molecule has 5 heteroatoms. The molecule has 0 aromatic heterocycles. The Morgan fingerprint density at radius 2 is 2.18 bits per heavy atom. The van der Waals surface area contributed by atoms with Crippen LogP contribution in [-0.2, 0) is 4.79 Å². The summed E-state index contributed by atoms with van der Waals surface area (Å²) in [7, 11) is 0. The third kappa shape index (κ3) is 1.97. The minimum absolute atomic E-state index is 0.221. The quantitative estimate of drug-likeness (QED) is 0.855. The first-order valence-electron chi connectivity index (χ1n) is 5.53. The van der Waals surface area contributed by atoms with E-state index < -0.39 is 23.6 Å². The zero-order chi connectivity index (χ0) is 12.6. The van der Waals surface area contributed by atoms with Crippen LogP contribution in [0.5, 0.6) is 0 Å². The number of halogens is 2. The summed E-state index contributed by atoms with van der Waals surface area (Å²) in [6, 6.07) is 2.15. The Balaban J connectivity index is 2.40. The highest BCUT2D eigenvalue weighted by molar-refractivity contribution is 5.84. The first kappa shape index (κ1) is 11.8. The number of hydrogen-bond donors (Lipinski definition) is 1. The van der Waals surface area contributed by atoms with Crippen molar-refractivity contribution in [2.75, 3.05) is 11.4 Å². The molecule has 1 fully saturated rings. The zero-order valence-corrected chi connectivity index (χ0v) is 9.54. The topological polar surface area (TPSA) is 46.3 Å². The molecular weight excluding hydrogens is 226 g/mol. The minimum Gasteiger partial charge on any atom is -0.368 e. The summed E-state index contributed by atoms with van der Waals surface area (Å²) in [5.41, 5.74) is 6.06. The van der Waals surface area contributed by atoms with Crippen LogP contribution in [0.3, 0.4) is 0 Å². The fourth-order valence-electron chi connectivity index (χ4n) is 2.30. The van der Waals surface area contributed by atoms with E-state index in [4.69, 9.17) is 5.73 Å². The molecule has 92 valence electrons. The third-order valence-electron chi connectivity index (χ3n) is 3.20. The normalized spacial score (nSPS) is 19.7. The van der Waals surface area contributed by atoms with Gasteiger partial charge in [-0.05, 0) is 31.9 Å². The number of carbonyl (C=O) groups excluding carboxylic acids is 1. The third-order valence-corrected chi connectivity index (χ3v) is 3.20. The van der Waals surface area contributed by atoms with Crippen LogP contribution < -0.4 is 10.6 Å². The maximum atomic E-state index is 13.5. The first-order chi connectivity index (χ1) is 8.02. The summed E-state index contributed by atoms with van der Waals surface area (Å²) in [5, 5.41) is 0. The highest BCUT2D eigenvalue weighted by atomic mass is 19.2. The van der Waals surface area contributed by atoms with E-state index in [1.165, 1.54) is 13.0 Å². The van der Waals surface area contributed by atoms with Crippen LogP contribution in [0, 0.1) is 18.6 Å². The van der Waals surface area contributed by atoms with E-state index in [-0.39, 0.29) is 5.56 Å². The van der Waals surface area contributed by atoms with Gasteiger partial charge in [-0.1, -0.05) is 0 Å². The van der Waals surface area contributed by atoms with Crippen molar-refractivity contribution in [2.45, 2.75) is 25.8 Å². The molecule has 17 heavy (non-hydrogen) atoms. The van der Waals surface area contributed by atoms with Crippen molar-refractivity contribution < 1.29 is 13.6 Å². The van der Waals surface area contributed by atoms with E-state index in [1.54, 1.807) is 4.90 Å². The van der Waals surface area contributed by atoms with Gasteiger partial charge in [-0.25, -0.2) is 8.78 Å². The van der Waals surface area contributed by atoms with E-state index in [0.717, 1.165) is 12.5 Å². The molecule has 3 nitrogen and oxygen atoms in total. The standard InChI is InChI=1S/C12H14F2N2O/c1-7-9(5-4-8(13)11(7)14)16-6-2-3-10(16)12(15)17/h4-5,10H,2-3,6H2,1H3,(H2,15,17). The molecule has 2 rings (SSSR count). The van der Waals surface area contributed by atoms with E-state index >= 15 is 0 Å². The molecule has 1 amide bonds. The van der Waals surface area contributed by atoms with Crippen molar-refractivity contribution in [3.05, 3.63) is 29.3 Å². The highest BCUT2D eigenvalue weighted by Crippen LogP contribution is 2.30. The van der Waals surface area contributed by atoms with Crippen molar-refractivity contribution in [3.8, 4) is 0 Å². The van der Waals surface area contributed by atoms with Crippen LogP contribution in [0.2, 0.25) is 0 Å². The lowest BCUT2D eigenvalue weighted by Crippen LogP contribution is -2.40. The van der Waals surface area contributed by atoms with E-state index in [0.29, 0.717) is 18.7 Å². The van der Waals surface area contributed by atoms with Gasteiger partial charge in [-0.2, -0.15) is 0 Å². The molecule has 2 N–H and O–H groups in total. The molecule has 1 aliphatic heterocycles. The van der Waals surface area contributed by atoms with Gasteiger partial charge in [0.25, 0.3) is 0 Å². The summed E-state index contributed by atoms with van der Waals surface area (Å²) >= 11 is 0. The monoisotopic (exact) mass is 240 g/mol. The van der Waals surface area contributed by atoms with Crippen LogP contribution in [0.4, 0.5) is 14.5 Å². The lowest BCUT2D eigenvalue weighted by atomic mass is 10.1. The van der Waals surface area contributed by atoms with Crippen molar-refractivity contribution in [1.82, 2.24) is 0 Å². The van der Waals surface area contributed by atoms with Crippen LogP contribution in [0.1, 0.15) is 18.4 Å². The molecule has 0 bridgehead atoms. The van der Waals surface area contributed by atoms with Gasteiger partial charge in [0.1, 0.15) is 6.04 Å². The Morgan fingerprint density at radius 3 is 2.82 bits per heavy atom. The Hall–Kier alpha value is -1.65. The summed E-state index contributed by atoms with van der Waals surface area (Å²) in [6.07, 6.45) is 1.49. The maximum Gasteiger partial charge on any atom is 0.240 e. The van der Waals surface area contributed by atoms with Gasteiger partial charge in [0, 0.05) is 17.8 Å². The van der Waals surface area contributed by atoms with Crippen LogP contribution >= 0.6 is 0 Å². The molecule has 1 aliphatic rings. The molecular formula is C12H14F2N2O. The van der Waals surface area contributed by atoms with Gasteiger partial charge in [0.15, 0.2) is 11.6 Å². The molecule has 1 aromatic carbocycles. The summed E-state index contributed by atoms with van der Waals surface area (Å²) in [4.78, 5) is 13.0. The zero-order valence-electron chi connectivity index (χ0n) is 9.54. The van der Waals surface area contributed by atoms with Gasteiger partial charge in [0.2, 0.25) is 5.91 Å². The molecule has 1 atom stereocenters. The minimum atomic E-state index is -0.874. The molecule has 1 unspecified atom stereocenters. The van der Waals surface area contributed by atoms with Crippen molar-refractivity contribution in [1.29, 1.82) is 0 Å². The Kier molecular flexibility index (Phi) is 3.00. The number of benzene rings is 1. The summed E-state index contributed by atoms with van der Waals surface area (Å²) in [5.74, 6) is -2.16. The number of hydrogen-bond acceptors (Lipinski definition) is 2. The Labute approximate surface area is 98.2 Å². The highest BCUT2D eigenvalue weighted by Gasteiger charge is 2.30. The molecule has 1 heterocycles. The largest absolute Gasteiger partial charge is 0.368 e. The summed E-state index contributed by atoms with van der Waals surface area (Å²) < 4.78 is 26.5. The van der Waals surface area contributed by atoms with E-state index in [1.807, 2.05) is 0 Å². The number of anilines is 1. The average Bonchev–Trinajstić information content (AvgIpc) is 2.75. The van der Waals surface area contributed by atoms with Crippen molar-refractivity contribution >= 4 is 11.6 Å². The SMILES string of the molecule is Cc1c(N2CCCC2C(N)=O)ccc(F)c1F. The van der Waals surface area contributed by atoms with Gasteiger partial charge in [0.05, 0.1) is 0 Å². The van der Waals surface area contributed by atoms with Crippen LogP contribution in [0.15, 0.2) is 12.1 Å². The van der Waals surface area contributed by atoms with Gasteiger partial charge >= 0.3 is 0 Å². The molecule has 1 saturated heterocycles. The number of amides is 1. The molecule has 0 aliphatic carbocycles. The second-order valence-electron chi connectivity index (χ2n) is 4.26. The van der Waals surface area contributed by atoms with Gasteiger partial charge in [-0.15, -0.1) is 0 Å². The van der Waals surface area contributed by atoms with E-state index in [2.05, 4.69) is 0 Å². The molecule has 0 radical (unpaired) electrons. The Bertz CT molecular complexity index is 462. The van der Waals surface area contributed by atoms with Crippen molar-refractivity contribution in [3.63, 3.8) is 0 Å². The second-order valence-corrected chi connectivity index (χ2v) is 4.26. The van der Waals surface area contributed by atoms with Crippen LogP contribution in [0.25, 0.3) is 0 Å². The number of nitrogens with zero attached hydrogens (tertiary/aromatic N) is 1. The van der Waals surface area contributed by atoms with Crippen LogP contribution in [-0.4, -0.2) is 18.5 Å². The summed E-state index contributed by atoms with van der Waals surface area (Å²) in [6.45, 7) is 2.14. The predicted octanol–water partition coefficient (Wildman–Crippen LogP) is 1.73. The van der Waals surface area contributed by atoms with Gasteiger partial charge < -0.3 is 10.6 Å². The smallest absolute Gasteiger partial charge is 0.240 e. The fraction of sp³-hybridized carbons (Fsp3) is 0.417. The lowest BCUT2D eigenvalue weighted by molar-refractivity contribution is -0.119. The molecule has 0 spiro atoms. The first-order valence-corrected chi connectivity index (χ1v) is 5.53. The second kappa shape index (κ2) is 4.31. The van der Waals surface area contributed by atoms with E-state index in [9.17, 15) is 13.6 Å². The predicted molar refractivity (Wildman–Crippen MR) is 60.7 cm³/mol. The lowest BCUT2D eigenvalue weighted by Gasteiger charge is -2.26. The average molecular weight is 240 g/mol. The fourth-order valence-corrected chi connectivity index (χ4v) is 2.30.